The molecule has 1 atom stereocenters. The van der Waals surface area contributed by atoms with Crippen LogP contribution in [0.25, 0.3) is 11.3 Å². The average Bonchev–Trinajstić information content (AvgIpc) is 3.48. The zero-order valence-electron chi connectivity index (χ0n) is 18.3. The fourth-order valence-corrected chi connectivity index (χ4v) is 4.32. The normalized spacial score (nSPS) is 15.9. The van der Waals surface area contributed by atoms with Crippen LogP contribution >= 0.6 is 0 Å². The standard InChI is InChI=1S/C26H25N3O3/c1-26(2,3)17-12-10-16(11-13-17)24-21-22(19-8-4-5-9-20(19)30)27-28-23(21)25(31)29(24)15-18-7-6-14-32-18/h4-14,24,30H,15H2,1-3H3,(H,27,28)/t24-/m1/s1. The van der Waals surface area contributed by atoms with Crippen LogP contribution in [0.4, 0.5) is 0 Å². The first kappa shape index (κ1) is 20.1. The molecule has 5 rings (SSSR count). The number of furan rings is 1. The van der Waals surface area contributed by atoms with Gasteiger partial charge < -0.3 is 14.4 Å². The summed E-state index contributed by atoms with van der Waals surface area (Å²) in [7, 11) is 0. The predicted octanol–water partition coefficient (Wildman–Crippen LogP) is 5.42. The highest BCUT2D eigenvalue weighted by Gasteiger charge is 2.42. The maximum absolute atomic E-state index is 13.4. The van der Waals surface area contributed by atoms with Crippen molar-refractivity contribution in [1.29, 1.82) is 0 Å². The molecule has 2 N–H and O–H groups in total. The number of fused-ring (bicyclic) bond motifs is 1. The summed E-state index contributed by atoms with van der Waals surface area (Å²) in [6.45, 7) is 6.86. The summed E-state index contributed by atoms with van der Waals surface area (Å²) < 4.78 is 5.54. The number of hydrogen-bond acceptors (Lipinski definition) is 4. The molecule has 4 aromatic rings. The van der Waals surface area contributed by atoms with E-state index >= 15 is 0 Å². The molecule has 0 fully saturated rings. The molecule has 0 saturated heterocycles. The van der Waals surface area contributed by atoms with E-state index in [9.17, 15) is 9.90 Å². The number of nitrogens with one attached hydrogen (secondary N) is 1. The second kappa shape index (κ2) is 7.41. The Morgan fingerprint density at radius 1 is 1.06 bits per heavy atom. The SMILES string of the molecule is CC(C)(C)c1ccc([C@@H]2c3c(-c4ccccc4O)n[nH]c3C(=O)N2Cc2ccco2)cc1. The molecule has 2 aromatic heterocycles. The minimum Gasteiger partial charge on any atom is -0.507 e. The maximum atomic E-state index is 13.4. The van der Waals surface area contributed by atoms with Gasteiger partial charge in [0.05, 0.1) is 18.8 Å². The van der Waals surface area contributed by atoms with E-state index in [-0.39, 0.29) is 23.1 Å². The van der Waals surface area contributed by atoms with Crippen LogP contribution in [0.15, 0.2) is 71.3 Å². The quantitative estimate of drug-likeness (QED) is 0.456. The Morgan fingerprint density at radius 3 is 2.47 bits per heavy atom. The molecule has 0 bridgehead atoms. The number of aromatic amines is 1. The van der Waals surface area contributed by atoms with Crippen LogP contribution in [0.3, 0.4) is 0 Å². The van der Waals surface area contributed by atoms with E-state index < -0.39 is 0 Å². The third-order valence-electron chi connectivity index (χ3n) is 6.02. The summed E-state index contributed by atoms with van der Waals surface area (Å²) in [6.07, 6.45) is 1.61. The molecule has 1 aliphatic rings. The van der Waals surface area contributed by atoms with Crippen molar-refractivity contribution >= 4 is 5.91 Å². The van der Waals surface area contributed by atoms with E-state index in [0.717, 1.165) is 11.1 Å². The summed E-state index contributed by atoms with van der Waals surface area (Å²) >= 11 is 0. The number of carbonyl (C=O) groups excluding carboxylic acids is 1. The number of H-pyrrole nitrogens is 1. The van der Waals surface area contributed by atoms with Crippen LogP contribution in [0.5, 0.6) is 5.75 Å². The lowest BCUT2D eigenvalue weighted by molar-refractivity contribution is 0.0717. The van der Waals surface area contributed by atoms with Crippen molar-refractivity contribution in [2.45, 2.75) is 38.8 Å². The van der Waals surface area contributed by atoms with Crippen molar-refractivity contribution < 1.29 is 14.3 Å². The van der Waals surface area contributed by atoms with Gasteiger partial charge in [0, 0.05) is 11.1 Å². The molecule has 6 heteroatoms. The molecule has 0 aliphatic carbocycles. The van der Waals surface area contributed by atoms with Gasteiger partial charge in [-0.1, -0.05) is 57.2 Å². The van der Waals surface area contributed by atoms with E-state index in [1.807, 2.05) is 24.3 Å². The highest BCUT2D eigenvalue weighted by molar-refractivity contribution is 6.00. The number of para-hydroxylation sites is 1. The van der Waals surface area contributed by atoms with Crippen molar-refractivity contribution in [3.8, 4) is 17.0 Å². The summed E-state index contributed by atoms with van der Waals surface area (Å²) in [5.74, 6) is 0.688. The molecular formula is C26H25N3O3. The Balaban J connectivity index is 1.65. The van der Waals surface area contributed by atoms with E-state index in [1.165, 1.54) is 5.56 Å². The first-order valence-corrected chi connectivity index (χ1v) is 10.6. The Kier molecular flexibility index (Phi) is 4.66. The van der Waals surface area contributed by atoms with Crippen LogP contribution in [0.2, 0.25) is 0 Å². The van der Waals surface area contributed by atoms with Crippen molar-refractivity contribution in [1.82, 2.24) is 15.1 Å². The van der Waals surface area contributed by atoms with Gasteiger partial charge in [0.25, 0.3) is 5.91 Å². The lowest BCUT2D eigenvalue weighted by atomic mass is 9.85. The highest BCUT2D eigenvalue weighted by atomic mass is 16.3. The third kappa shape index (κ3) is 3.28. The monoisotopic (exact) mass is 427 g/mol. The van der Waals surface area contributed by atoms with Crippen molar-refractivity contribution in [2.24, 2.45) is 0 Å². The Labute approximate surface area is 186 Å². The van der Waals surface area contributed by atoms with Gasteiger partial charge in [-0.05, 0) is 40.8 Å². The molecule has 6 nitrogen and oxygen atoms in total. The molecule has 0 unspecified atom stereocenters. The minimum absolute atomic E-state index is 0.0275. The van der Waals surface area contributed by atoms with E-state index in [0.29, 0.717) is 29.3 Å². The number of phenols is 1. The topological polar surface area (TPSA) is 82.4 Å². The Hall–Kier alpha value is -3.80. The number of aromatic hydroxyl groups is 1. The highest BCUT2D eigenvalue weighted by Crippen LogP contribution is 2.45. The third-order valence-corrected chi connectivity index (χ3v) is 6.02. The largest absolute Gasteiger partial charge is 0.507 e. The summed E-state index contributed by atoms with van der Waals surface area (Å²) in [4.78, 5) is 15.2. The predicted molar refractivity (Wildman–Crippen MR) is 121 cm³/mol. The summed E-state index contributed by atoms with van der Waals surface area (Å²) in [6, 6.07) is 18.7. The van der Waals surface area contributed by atoms with Crippen molar-refractivity contribution in [3.63, 3.8) is 0 Å². The minimum atomic E-state index is -0.357. The zero-order valence-corrected chi connectivity index (χ0v) is 18.3. The van der Waals surface area contributed by atoms with Gasteiger partial charge in [0.15, 0.2) is 0 Å². The van der Waals surface area contributed by atoms with E-state index in [4.69, 9.17) is 4.42 Å². The number of phenolic OH excluding ortho intramolecular Hbond substituents is 1. The number of benzene rings is 2. The number of nitrogens with zero attached hydrogens (tertiary/aromatic N) is 2. The fraction of sp³-hybridized carbons (Fsp3) is 0.231. The van der Waals surface area contributed by atoms with Crippen LogP contribution < -0.4 is 0 Å². The molecule has 3 heterocycles. The van der Waals surface area contributed by atoms with Crippen molar-refractivity contribution in [3.05, 3.63) is 95.1 Å². The molecule has 0 saturated carbocycles. The number of hydrogen-bond donors (Lipinski definition) is 2. The van der Waals surface area contributed by atoms with Gasteiger partial charge in [0.2, 0.25) is 0 Å². The van der Waals surface area contributed by atoms with Crippen LogP contribution in [0.1, 0.15) is 59.8 Å². The van der Waals surface area contributed by atoms with Gasteiger partial charge in [0.1, 0.15) is 22.9 Å². The van der Waals surface area contributed by atoms with E-state index in [2.05, 4.69) is 55.2 Å². The first-order valence-electron chi connectivity index (χ1n) is 10.6. The maximum Gasteiger partial charge on any atom is 0.273 e. The van der Waals surface area contributed by atoms with Gasteiger partial charge in [-0.15, -0.1) is 0 Å². The molecule has 0 radical (unpaired) electrons. The van der Waals surface area contributed by atoms with Gasteiger partial charge >= 0.3 is 0 Å². The lowest BCUT2D eigenvalue weighted by Crippen LogP contribution is -2.29. The molecule has 2 aromatic carbocycles. The van der Waals surface area contributed by atoms with Gasteiger partial charge in [-0.2, -0.15) is 5.10 Å². The second-order valence-corrected chi connectivity index (χ2v) is 9.17. The van der Waals surface area contributed by atoms with Gasteiger partial charge in [-0.25, -0.2) is 0 Å². The Bertz CT molecular complexity index is 1260. The molecule has 162 valence electrons. The Morgan fingerprint density at radius 2 is 1.81 bits per heavy atom. The van der Waals surface area contributed by atoms with Crippen LogP contribution in [-0.2, 0) is 12.0 Å². The molecule has 32 heavy (non-hydrogen) atoms. The molecule has 1 aliphatic heterocycles. The number of amides is 1. The van der Waals surface area contributed by atoms with E-state index in [1.54, 1.807) is 23.3 Å². The van der Waals surface area contributed by atoms with Gasteiger partial charge in [-0.3, -0.25) is 9.89 Å². The number of carbonyl (C=O) groups is 1. The summed E-state index contributed by atoms with van der Waals surface area (Å²) in [5, 5.41) is 17.8. The summed E-state index contributed by atoms with van der Waals surface area (Å²) in [5.41, 5.74) is 4.62. The zero-order chi connectivity index (χ0) is 22.5. The number of aromatic nitrogens is 2. The van der Waals surface area contributed by atoms with Crippen LogP contribution in [-0.4, -0.2) is 26.1 Å². The molecule has 0 spiro atoms. The molecule has 1 amide bonds. The fourth-order valence-electron chi connectivity index (χ4n) is 4.32. The molecular weight excluding hydrogens is 402 g/mol. The van der Waals surface area contributed by atoms with Crippen LogP contribution in [0, 0.1) is 0 Å². The second-order valence-electron chi connectivity index (χ2n) is 9.17. The lowest BCUT2D eigenvalue weighted by Gasteiger charge is -2.26. The average molecular weight is 428 g/mol. The first-order chi connectivity index (χ1) is 15.3. The van der Waals surface area contributed by atoms with Crippen molar-refractivity contribution in [2.75, 3.05) is 0 Å². The smallest absolute Gasteiger partial charge is 0.273 e. The number of rotatable bonds is 4.